The number of para-hydroxylation sites is 2. The highest BCUT2D eigenvalue weighted by molar-refractivity contribution is 6.43. The van der Waals surface area contributed by atoms with Gasteiger partial charge in [0.15, 0.2) is 11.6 Å². The van der Waals surface area contributed by atoms with Crippen LogP contribution in [0.5, 0.6) is 0 Å². The number of carbonyl (C=O) groups is 1. The molecule has 2 aromatic rings. The Labute approximate surface area is 140 Å². The highest BCUT2D eigenvalue weighted by Crippen LogP contribution is 2.27. The lowest BCUT2D eigenvalue weighted by molar-refractivity contribution is -0.111. The van der Waals surface area contributed by atoms with E-state index >= 15 is 0 Å². The minimum atomic E-state index is -0.0822. The molecule has 1 aliphatic rings. The molecule has 1 aliphatic heterocycles. The third-order valence-electron chi connectivity index (χ3n) is 3.84. The highest BCUT2D eigenvalue weighted by Gasteiger charge is 2.23. The molecule has 0 radical (unpaired) electrons. The van der Waals surface area contributed by atoms with Crippen molar-refractivity contribution >= 4 is 34.6 Å². The molecule has 1 N–H and O–H groups in total. The van der Waals surface area contributed by atoms with E-state index in [2.05, 4.69) is 16.6 Å². The number of halogens is 1. The molecule has 0 bridgehead atoms. The number of nitrogens with one attached hydrogen (secondary N) is 1. The number of benzene rings is 2. The second-order valence-corrected chi connectivity index (χ2v) is 5.87. The number of nitrogens with zero attached hydrogens (tertiary/aromatic N) is 2. The Morgan fingerprint density at radius 1 is 1.17 bits per heavy atom. The monoisotopic (exact) mass is 327 g/mol. The van der Waals surface area contributed by atoms with Crippen molar-refractivity contribution in [1.82, 2.24) is 0 Å². The van der Waals surface area contributed by atoms with E-state index in [1.54, 1.807) is 6.07 Å². The van der Waals surface area contributed by atoms with Gasteiger partial charge in [0.1, 0.15) is 0 Å². The molecule has 0 aromatic heterocycles. The van der Waals surface area contributed by atoms with Gasteiger partial charge < -0.3 is 4.90 Å². The van der Waals surface area contributed by atoms with Crippen molar-refractivity contribution < 1.29 is 4.79 Å². The number of anilines is 2. The molecule has 118 valence electrons. The average molecular weight is 328 g/mol. The van der Waals surface area contributed by atoms with E-state index in [4.69, 9.17) is 11.6 Å². The number of ketones is 1. The number of amidine groups is 1. The van der Waals surface area contributed by atoms with Crippen molar-refractivity contribution in [3.05, 3.63) is 59.1 Å². The van der Waals surface area contributed by atoms with Crippen molar-refractivity contribution in [2.45, 2.75) is 19.8 Å². The average Bonchev–Trinajstić information content (AvgIpc) is 2.56. The summed E-state index contributed by atoms with van der Waals surface area (Å²) in [6, 6.07) is 15.5. The highest BCUT2D eigenvalue weighted by atomic mass is 35.5. The van der Waals surface area contributed by atoms with Crippen LogP contribution >= 0.6 is 11.6 Å². The molecule has 0 unspecified atom stereocenters. The fourth-order valence-corrected chi connectivity index (χ4v) is 2.93. The minimum Gasteiger partial charge on any atom is -0.322 e. The molecular weight excluding hydrogens is 310 g/mol. The molecule has 4 nitrogen and oxygen atoms in total. The fraction of sp³-hybridized carbons (Fsp3) is 0.222. The molecule has 5 heteroatoms. The predicted molar refractivity (Wildman–Crippen MR) is 95.3 cm³/mol. The second-order valence-electron chi connectivity index (χ2n) is 5.47. The van der Waals surface area contributed by atoms with Gasteiger partial charge in [0.05, 0.1) is 10.7 Å². The van der Waals surface area contributed by atoms with Gasteiger partial charge in [0.25, 0.3) is 0 Å². The molecule has 2 aromatic carbocycles. The molecule has 0 fully saturated rings. The zero-order valence-corrected chi connectivity index (χ0v) is 13.7. The number of hydrazone groups is 1. The number of Topliss-reactive ketones (excluding diaryl/α,β-unsaturated/α-hetero) is 1. The normalized spacial score (nSPS) is 14.3. The van der Waals surface area contributed by atoms with Gasteiger partial charge in [-0.3, -0.25) is 10.2 Å². The van der Waals surface area contributed by atoms with Crippen LogP contribution in [0.25, 0.3) is 0 Å². The van der Waals surface area contributed by atoms with Crippen molar-refractivity contribution in [2.75, 3.05) is 16.9 Å². The summed E-state index contributed by atoms with van der Waals surface area (Å²) in [6.45, 7) is 2.31. The smallest absolute Gasteiger partial charge is 0.197 e. The van der Waals surface area contributed by atoms with Gasteiger partial charge in [-0.15, -0.1) is 0 Å². The van der Waals surface area contributed by atoms with Gasteiger partial charge >= 0.3 is 0 Å². The summed E-state index contributed by atoms with van der Waals surface area (Å²) in [6.07, 6.45) is 2.02. The summed E-state index contributed by atoms with van der Waals surface area (Å²) in [5.74, 6) is 0.318. The fourth-order valence-electron chi connectivity index (χ4n) is 2.75. The van der Waals surface area contributed by atoms with E-state index in [0.717, 1.165) is 25.1 Å². The zero-order chi connectivity index (χ0) is 16.2. The van der Waals surface area contributed by atoms with Crippen LogP contribution in [0.15, 0.2) is 53.6 Å². The lowest BCUT2D eigenvalue weighted by Crippen LogP contribution is -2.39. The summed E-state index contributed by atoms with van der Waals surface area (Å²) in [4.78, 5) is 14.1. The van der Waals surface area contributed by atoms with E-state index < -0.39 is 0 Å². The maximum atomic E-state index is 12.1. The molecule has 0 atom stereocenters. The van der Waals surface area contributed by atoms with Crippen LogP contribution in [-0.4, -0.2) is 18.2 Å². The Balaban J connectivity index is 1.93. The van der Waals surface area contributed by atoms with Crippen LogP contribution in [0.4, 0.5) is 11.4 Å². The zero-order valence-electron chi connectivity index (χ0n) is 12.9. The Bertz CT molecular complexity index is 757. The number of fused-ring (bicyclic) bond motifs is 1. The summed E-state index contributed by atoms with van der Waals surface area (Å²) >= 11 is 6.12. The molecule has 23 heavy (non-hydrogen) atoms. The van der Waals surface area contributed by atoms with Crippen molar-refractivity contribution in [1.29, 1.82) is 0 Å². The van der Waals surface area contributed by atoms with Crippen LogP contribution in [0.3, 0.4) is 0 Å². The molecular formula is C18H18ClN3O. The van der Waals surface area contributed by atoms with E-state index in [0.29, 0.717) is 16.5 Å². The van der Waals surface area contributed by atoms with Crippen LogP contribution in [0.1, 0.15) is 18.9 Å². The quantitative estimate of drug-likeness (QED) is 0.524. The molecule has 0 aliphatic carbocycles. The Morgan fingerprint density at radius 3 is 2.70 bits per heavy atom. The van der Waals surface area contributed by atoms with Crippen molar-refractivity contribution in [3.8, 4) is 0 Å². The lowest BCUT2D eigenvalue weighted by Gasteiger charge is -2.30. The number of hydrogen-bond donors (Lipinski definition) is 1. The van der Waals surface area contributed by atoms with Gasteiger partial charge in [-0.05, 0) is 36.6 Å². The van der Waals surface area contributed by atoms with Crippen LogP contribution in [-0.2, 0) is 11.2 Å². The molecule has 0 spiro atoms. The number of aryl methyl sites for hydroxylation is 1. The van der Waals surface area contributed by atoms with Gasteiger partial charge in [0.2, 0.25) is 0 Å². The van der Waals surface area contributed by atoms with Gasteiger partial charge in [0, 0.05) is 19.2 Å². The topological polar surface area (TPSA) is 44.7 Å². The summed E-state index contributed by atoms with van der Waals surface area (Å²) in [5.41, 5.74) is 5.89. The Hall–Kier alpha value is -2.33. The van der Waals surface area contributed by atoms with E-state index in [-0.39, 0.29) is 5.78 Å². The Morgan fingerprint density at radius 2 is 1.91 bits per heavy atom. The molecule has 0 saturated heterocycles. The van der Waals surface area contributed by atoms with Crippen LogP contribution in [0, 0.1) is 0 Å². The predicted octanol–water partition coefficient (Wildman–Crippen LogP) is 4.11. The molecule has 3 rings (SSSR count). The third-order valence-corrected chi connectivity index (χ3v) is 4.17. The number of carbonyl (C=O) groups excluding carboxylic acids is 1. The third kappa shape index (κ3) is 3.37. The molecule has 0 amide bonds. The summed E-state index contributed by atoms with van der Waals surface area (Å²) in [7, 11) is 0. The molecule has 1 heterocycles. The number of rotatable bonds is 3. The second kappa shape index (κ2) is 6.84. The van der Waals surface area contributed by atoms with Gasteiger partial charge in [-0.1, -0.05) is 41.9 Å². The van der Waals surface area contributed by atoms with Crippen molar-refractivity contribution in [2.24, 2.45) is 5.10 Å². The van der Waals surface area contributed by atoms with E-state index in [1.807, 2.05) is 41.3 Å². The summed E-state index contributed by atoms with van der Waals surface area (Å²) < 4.78 is 0. The first-order valence-electron chi connectivity index (χ1n) is 7.61. The van der Waals surface area contributed by atoms with Gasteiger partial charge in [-0.2, -0.15) is 5.10 Å². The SMILES string of the molecule is CC(=O)C(=NNc1ccccc1Cl)N1CCCc2ccccc21. The van der Waals surface area contributed by atoms with E-state index in [1.165, 1.54) is 12.5 Å². The molecule has 0 saturated carbocycles. The maximum Gasteiger partial charge on any atom is 0.197 e. The Kier molecular flexibility index (Phi) is 4.63. The lowest BCUT2D eigenvalue weighted by atomic mass is 10.0. The first kappa shape index (κ1) is 15.6. The largest absolute Gasteiger partial charge is 0.322 e. The van der Waals surface area contributed by atoms with E-state index in [9.17, 15) is 4.79 Å². The minimum absolute atomic E-state index is 0.0822. The first-order chi connectivity index (χ1) is 11.2. The number of hydrogen-bond acceptors (Lipinski definition) is 3. The maximum absolute atomic E-state index is 12.1. The summed E-state index contributed by atoms with van der Waals surface area (Å²) in [5, 5.41) is 4.90. The first-order valence-corrected chi connectivity index (χ1v) is 7.99. The standard InChI is InChI=1S/C18H18ClN3O/c1-13(23)18(21-20-16-10-4-3-9-15(16)19)22-12-6-8-14-7-2-5-11-17(14)22/h2-5,7,9-11,20H,6,8,12H2,1H3. The van der Waals surface area contributed by atoms with Crippen LogP contribution in [0.2, 0.25) is 5.02 Å². The van der Waals surface area contributed by atoms with Crippen molar-refractivity contribution in [3.63, 3.8) is 0 Å². The van der Waals surface area contributed by atoms with Gasteiger partial charge in [-0.25, -0.2) is 0 Å². The van der Waals surface area contributed by atoms with Crippen LogP contribution < -0.4 is 10.3 Å².